The molecule has 1 fully saturated rings. The van der Waals surface area contributed by atoms with Gasteiger partial charge in [0.25, 0.3) is 11.8 Å². The van der Waals surface area contributed by atoms with Crippen LogP contribution in [0.2, 0.25) is 0 Å². The predicted molar refractivity (Wildman–Crippen MR) is 115 cm³/mol. The van der Waals surface area contributed by atoms with E-state index in [9.17, 15) is 10.1 Å². The Morgan fingerprint density at radius 2 is 1.75 bits per heavy atom. The van der Waals surface area contributed by atoms with Crippen LogP contribution in [0, 0.1) is 11.3 Å². The fourth-order valence-corrected chi connectivity index (χ4v) is 3.57. The number of hydrogen-bond donors (Lipinski definition) is 0. The third kappa shape index (κ3) is 3.70. The van der Waals surface area contributed by atoms with Gasteiger partial charge in [0.1, 0.15) is 6.07 Å². The first kappa shape index (κ1) is 19.5. The molecule has 4 heterocycles. The molecule has 0 radical (unpaired) electrons. The Kier molecular flexibility index (Phi) is 5.09. The van der Waals surface area contributed by atoms with Crippen LogP contribution in [-0.4, -0.2) is 51.9 Å². The molecular weight excluding hydrogens is 408 g/mol. The number of oxazole rings is 1. The zero-order chi connectivity index (χ0) is 21.9. The van der Waals surface area contributed by atoms with Crippen molar-refractivity contribution in [3.8, 4) is 29.1 Å². The van der Waals surface area contributed by atoms with Crippen LogP contribution in [0.5, 0.6) is 0 Å². The minimum Gasteiger partial charge on any atom is -0.459 e. The van der Waals surface area contributed by atoms with Gasteiger partial charge in [-0.3, -0.25) is 4.79 Å². The Balaban J connectivity index is 1.26. The zero-order valence-electron chi connectivity index (χ0n) is 17.0. The van der Waals surface area contributed by atoms with E-state index in [4.69, 9.17) is 8.83 Å². The van der Waals surface area contributed by atoms with E-state index in [1.54, 1.807) is 29.4 Å². The van der Waals surface area contributed by atoms with E-state index in [0.29, 0.717) is 49.2 Å². The molecule has 0 unspecified atom stereocenters. The Morgan fingerprint density at radius 3 is 2.41 bits per heavy atom. The van der Waals surface area contributed by atoms with Crippen LogP contribution in [-0.2, 0) is 0 Å². The molecule has 0 saturated carbocycles. The molecule has 4 aromatic rings. The minimum atomic E-state index is -0.126. The lowest BCUT2D eigenvalue weighted by Gasteiger charge is -2.34. The van der Waals surface area contributed by atoms with Gasteiger partial charge in [-0.15, -0.1) is 0 Å². The molecule has 1 aliphatic rings. The number of hydrogen-bond acceptors (Lipinski definition) is 8. The molecule has 1 aliphatic heterocycles. The molecule has 0 atom stereocenters. The molecular formula is C23H18N6O3. The zero-order valence-corrected chi connectivity index (χ0v) is 17.0. The molecule has 9 nitrogen and oxygen atoms in total. The number of furan rings is 1. The highest BCUT2D eigenvalue weighted by Crippen LogP contribution is 2.29. The lowest BCUT2D eigenvalue weighted by Crippen LogP contribution is -2.49. The Labute approximate surface area is 183 Å². The number of carbonyl (C=O) groups is 1. The number of aromatic nitrogens is 3. The number of piperazine rings is 1. The number of nitrogens with zero attached hydrogens (tertiary/aromatic N) is 6. The largest absolute Gasteiger partial charge is 0.459 e. The van der Waals surface area contributed by atoms with Crippen LogP contribution in [0.4, 0.5) is 5.88 Å². The molecule has 0 N–H and O–H groups in total. The SMILES string of the molecule is N#Cc1nc(-c2ccco2)oc1N1CCN(C(=O)c2cnc(-c3ccccc3)nc2)CC1. The van der Waals surface area contributed by atoms with Crippen LogP contribution in [0.25, 0.3) is 23.0 Å². The van der Waals surface area contributed by atoms with Gasteiger partial charge in [-0.05, 0) is 12.1 Å². The number of rotatable bonds is 4. The Bertz CT molecular complexity index is 1250. The lowest BCUT2D eigenvalue weighted by molar-refractivity contribution is 0.0744. The highest BCUT2D eigenvalue weighted by atomic mass is 16.4. The average Bonchev–Trinajstić information content (AvgIpc) is 3.54. The van der Waals surface area contributed by atoms with E-state index in [-0.39, 0.29) is 17.5 Å². The topological polar surface area (TPSA) is 112 Å². The molecule has 0 aliphatic carbocycles. The molecule has 1 aromatic carbocycles. The summed E-state index contributed by atoms with van der Waals surface area (Å²) in [5.74, 6) is 1.56. The van der Waals surface area contributed by atoms with Crippen molar-refractivity contribution >= 4 is 11.8 Å². The van der Waals surface area contributed by atoms with E-state index in [0.717, 1.165) is 5.56 Å². The van der Waals surface area contributed by atoms with Gasteiger partial charge in [0.2, 0.25) is 11.6 Å². The second-order valence-corrected chi connectivity index (χ2v) is 7.20. The summed E-state index contributed by atoms with van der Waals surface area (Å²) < 4.78 is 11.1. The molecule has 0 bridgehead atoms. The third-order valence-electron chi connectivity index (χ3n) is 5.23. The second-order valence-electron chi connectivity index (χ2n) is 7.20. The van der Waals surface area contributed by atoms with Crippen molar-refractivity contribution in [3.63, 3.8) is 0 Å². The third-order valence-corrected chi connectivity index (χ3v) is 5.23. The van der Waals surface area contributed by atoms with Crippen molar-refractivity contribution in [2.45, 2.75) is 0 Å². The summed E-state index contributed by atoms with van der Waals surface area (Å²) >= 11 is 0. The second kappa shape index (κ2) is 8.35. The first-order chi connectivity index (χ1) is 15.7. The summed E-state index contributed by atoms with van der Waals surface area (Å²) in [5.41, 5.74) is 1.53. The van der Waals surface area contributed by atoms with Gasteiger partial charge in [0.05, 0.1) is 11.8 Å². The molecule has 9 heteroatoms. The van der Waals surface area contributed by atoms with Crippen molar-refractivity contribution in [2.24, 2.45) is 0 Å². The highest BCUT2D eigenvalue weighted by Gasteiger charge is 2.27. The lowest BCUT2D eigenvalue weighted by atomic mass is 10.2. The molecule has 5 rings (SSSR count). The first-order valence-electron chi connectivity index (χ1n) is 10.1. The van der Waals surface area contributed by atoms with Gasteiger partial charge in [-0.1, -0.05) is 30.3 Å². The molecule has 158 valence electrons. The summed E-state index contributed by atoms with van der Waals surface area (Å²) in [4.78, 5) is 29.5. The van der Waals surface area contributed by atoms with E-state index in [1.165, 1.54) is 6.26 Å². The average molecular weight is 426 g/mol. The van der Waals surface area contributed by atoms with Gasteiger partial charge in [-0.25, -0.2) is 9.97 Å². The summed E-state index contributed by atoms with van der Waals surface area (Å²) in [6, 6.07) is 15.1. The molecule has 32 heavy (non-hydrogen) atoms. The van der Waals surface area contributed by atoms with Gasteiger partial charge >= 0.3 is 0 Å². The minimum absolute atomic E-state index is 0.126. The van der Waals surface area contributed by atoms with Crippen LogP contribution < -0.4 is 4.90 Å². The van der Waals surface area contributed by atoms with Crippen molar-refractivity contribution in [1.29, 1.82) is 5.26 Å². The van der Waals surface area contributed by atoms with Crippen molar-refractivity contribution in [3.05, 3.63) is 72.4 Å². The Hall–Kier alpha value is -4.45. The van der Waals surface area contributed by atoms with Crippen molar-refractivity contribution < 1.29 is 13.6 Å². The fraction of sp³-hybridized carbons (Fsp3) is 0.174. The highest BCUT2D eigenvalue weighted by molar-refractivity contribution is 5.94. The monoisotopic (exact) mass is 426 g/mol. The first-order valence-corrected chi connectivity index (χ1v) is 10.1. The predicted octanol–water partition coefficient (Wildman–Crippen LogP) is 3.23. The van der Waals surface area contributed by atoms with Crippen LogP contribution in [0.15, 0.2) is 70.0 Å². The summed E-state index contributed by atoms with van der Waals surface area (Å²) in [6.07, 6.45) is 4.64. The van der Waals surface area contributed by atoms with Crippen molar-refractivity contribution in [1.82, 2.24) is 19.9 Å². The van der Waals surface area contributed by atoms with Gasteiger partial charge in [0.15, 0.2) is 11.6 Å². The number of carbonyl (C=O) groups excluding carboxylic acids is 1. The quantitative estimate of drug-likeness (QED) is 0.489. The standard InChI is InChI=1S/C23H18N6O3/c24-13-18-23(32-21(27-18)19-7-4-12-31-19)29-10-8-28(9-11-29)22(30)17-14-25-20(26-15-17)16-5-2-1-3-6-16/h1-7,12,14-15H,8-11H2. The van der Waals surface area contributed by atoms with Crippen molar-refractivity contribution in [2.75, 3.05) is 31.1 Å². The summed E-state index contributed by atoms with van der Waals surface area (Å²) in [6.45, 7) is 1.97. The molecule has 1 amide bonds. The van der Waals surface area contributed by atoms with E-state index in [1.807, 2.05) is 35.2 Å². The van der Waals surface area contributed by atoms with Gasteiger partial charge in [-0.2, -0.15) is 10.2 Å². The number of benzene rings is 1. The van der Waals surface area contributed by atoms with E-state index < -0.39 is 0 Å². The number of nitriles is 1. The smallest absolute Gasteiger partial charge is 0.266 e. The van der Waals surface area contributed by atoms with Crippen LogP contribution in [0.1, 0.15) is 16.1 Å². The normalized spacial score (nSPS) is 13.7. The van der Waals surface area contributed by atoms with Crippen LogP contribution >= 0.6 is 0 Å². The Morgan fingerprint density at radius 1 is 1.00 bits per heavy atom. The summed E-state index contributed by atoms with van der Waals surface area (Å²) in [7, 11) is 0. The van der Waals surface area contributed by atoms with Gasteiger partial charge < -0.3 is 18.6 Å². The van der Waals surface area contributed by atoms with E-state index >= 15 is 0 Å². The maximum Gasteiger partial charge on any atom is 0.266 e. The maximum absolute atomic E-state index is 12.9. The number of anilines is 1. The van der Waals surface area contributed by atoms with E-state index in [2.05, 4.69) is 21.0 Å². The van der Waals surface area contributed by atoms with Crippen LogP contribution in [0.3, 0.4) is 0 Å². The molecule has 3 aromatic heterocycles. The molecule has 1 saturated heterocycles. The molecule has 0 spiro atoms. The summed E-state index contributed by atoms with van der Waals surface area (Å²) in [5, 5.41) is 9.45. The fourth-order valence-electron chi connectivity index (χ4n) is 3.57. The maximum atomic E-state index is 12.9. The van der Waals surface area contributed by atoms with Gasteiger partial charge in [0, 0.05) is 44.1 Å². The number of amides is 1.